The number of rotatable bonds is 2. The van der Waals surface area contributed by atoms with Crippen molar-refractivity contribution in [3.05, 3.63) is 47.3 Å². The van der Waals surface area contributed by atoms with Crippen LogP contribution in [-0.4, -0.2) is 57.1 Å². The molecule has 0 spiro atoms. The SMILES string of the molecule is CC(=O)N1C[C@@H]2CC[C@H](C1)N(C(=O)c1cccc(-n3nc(C)cc3C)c1)C2. The molecule has 5 rings (SSSR count). The van der Waals surface area contributed by atoms with Crippen molar-refractivity contribution in [1.29, 1.82) is 0 Å². The van der Waals surface area contributed by atoms with E-state index in [1.807, 2.05) is 58.7 Å². The third kappa shape index (κ3) is 3.36. The number of hydrogen-bond donors (Lipinski definition) is 0. The topological polar surface area (TPSA) is 58.4 Å². The van der Waals surface area contributed by atoms with Gasteiger partial charge >= 0.3 is 0 Å². The first kappa shape index (κ1) is 17.8. The maximum atomic E-state index is 13.3. The highest BCUT2D eigenvalue weighted by Crippen LogP contribution is 2.29. The third-order valence-electron chi connectivity index (χ3n) is 5.77. The van der Waals surface area contributed by atoms with Crippen molar-refractivity contribution in [3.8, 4) is 5.69 Å². The number of piperidine rings is 1. The summed E-state index contributed by atoms with van der Waals surface area (Å²) in [4.78, 5) is 29.0. The molecule has 0 aliphatic carbocycles. The fourth-order valence-electron chi connectivity index (χ4n) is 4.41. The third-order valence-corrected chi connectivity index (χ3v) is 5.77. The van der Waals surface area contributed by atoms with Crippen LogP contribution in [0.3, 0.4) is 0 Å². The second-order valence-corrected chi connectivity index (χ2v) is 7.87. The van der Waals surface area contributed by atoms with Crippen LogP contribution in [0.1, 0.15) is 41.5 Å². The average Bonchev–Trinajstić information content (AvgIpc) is 2.82. The van der Waals surface area contributed by atoms with Crippen molar-refractivity contribution in [2.75, 3.05) is 19.6 Å². The summed E-state index contributed by atoms with van der Waals surface area (Å²) in [5.41, 5.74) is 3.58. The highest BCUT2D eigenvalue weighted by Gasteiger charge is 2.38. The van der Waals surface area contributed by atoms with Crippen LogP contribution >= 0.6 is 0 Å². The molecular weight excluding hydrogens is 340 g/mol. The maximum absolute atomic E-state index is 13.3. The molecule has 3 aliphatic rings. The van der Waals surface area contributed by atoms with E-state index < -0.39 is 0 Å². The molecule has 2 aromatic rings. The van der Waals surface area contributed by atoms with Gasteiger partial charge in [0, 0.05) is 43.9 Å². The van der Waals surface area contributed by atoms with Crippen molar-refractivity contribution in [3.63, 3.8) is 0 Å². The molecule has 2 amide bonds. The zero-order valence-corrected chi connectivity index (χ0v) is 16.2. The van der Waals surface area contributed by atoms with Crippen LogP contribution in [0.15, 0.2) is 30.3 Å². The van der Waals surface area contributed by atoms with E-state index in [0.29, 0.717) is 18.0 Å². The summed E-state index contributed by atoms with van der Waals surface area (Å²) in [7, 11) is 0. The molecule has 2 bridgehead atoms. The largest absolute Gasteiger partial charge is 0.341 e. The number of carbonyl (C=O) groups excluding carboxylic acids is 2. The van der Waals surface area contributed by atoms with Gasteiger partial charge in [0.1, 0.15) is 0 Å². The average molecular weight is 366 g/mol. The quantitative estimate of drug-likeness (QED) is 0.821. The van der Waals surface area contributed by atoms with E-state index in [1.54, 1.807) is 6.92 Å². The number of amides is 2. The van der Waals surface area contributed by atoms with Crippen LogP contribution in [-0.2, 0) is 4.79 Å². The Morgan fingerprint density at radius 3 is 2.59 bits per heavy atom. The number of carbonyl (C=O) groups is 2. The standard InChI is InChI=1S/C21H26N4O2/c1-14-9-15(2)25(22-14)19-6-4-5-18(10-19)21(27)24-12-17-7-8-20(24)13-23(11-17)16(3)26/h4-6,9-10,17,20H,7-8,11-13H2,1-3H3/t17-,20+/m0/s1. The second kappa shape index (κ2) is 6.83. The number of hydrogen-bond acceptors (Lipinski definition) is 3. The van der Waals surface area contributed by atoms with Crippen molar-refractivity contribution < 1.29 is 9.59 Å². The van der Waals surface area contributed by atoms with Gasteiger partial charge in [0.25, 0.3) is 5.91 Å². The normalized spacial score (nSPS) is 22.0. The molecule has 27 heavy (non-hydrogen) atoms. The van der Waals surface area contributed by atoms with E-state index in [4.69, 9.17) is 0 Å². The van der Waals surface area contributed by atoms with Gasteiger partial charge in [-0.15, -0.1) is 0 Å². The summed E-state index contributed by atoms with van der Waals surface area (Å²) in [6, 6.07) is 9.82. The van der Waals surface area contributed by atoms with Gasteiger partial charge in [0.05, 0.1) is 11.4 Å². The zero-order valence-electron chi connectivity index (χ0n) is 16.2. The Kier molecular flexibility index (Phi) is 4.50. The van der Waals surface area contributed by atoms with E-state index in [1.165, 1.54) is 0 Å². The van der Waals surface area contributed by atoms with Gasteiger partial charge in [0.15, 0.2) is 0 Å². The predicted molar refractivity (Wildman–Crippen MR) is 103 cm³/mol. The monoisotopic (exact) mass is 366 g/mol. The summed E-state index contributed by atoms with van der Waals surface area (Å²) in [5, 5.41) is 4.52. The molecule has 2 atom stereocenters. The second-order valence-electron chi connectivity index (χ2n) is 7.87. The molecule has 1 aromatic carbocycles. The molecule has 1 aromatic heterocycles. The number of nitrogens with zero attached hydrogens (tertiary/aromatic N) is 4. The number of aromatic nitrogens is 2. The van der Waals surface area contributed by atoms with E-state index in [2.05, 4.69) is 5.10 Å². The first-order valence-electron chi connectivity index (χ1n) is 9.62. The Morgan fingerprint density at radius 1 is 1.07 bits per heavy atom. The van der Waals surface area contributed by atoms with Crippen molar-refractivity contribution >= 4 is 11.8 Å². The Labute approximate surface area is 159 Å². The van der Waals surface area contributed by atoms with E-state index in [9.17, 15) is 9.59 Å². The maximum Gasteiger partial charge on any atom is 0.254 e. The molecule has 3 fully saturated rings. The lowest BCUT2D eigenvalue weighted by Gasteiger charge is -2.36. The molecule has 3 saturated heterocycles. The van der Waals surface area contributed by atoms with Gasteiger partial charge in [-0.1, -0.05) is 6.07 Å². The van der Waals surface area contributed by atoms with Crippen LogP contribution in [0.25, 0.3) is 5.69 Å². The molecule has 0 N–H and O–H groups in total. The lowest BCUT2D eigenvalue weighted by molar-refractivity contribution is -0.129. The summed E-state index contributed by atoms with van der Waals surface area (Å²) >= 11 is 0. The first-order chi connectivity index (χ1) is 12.9. The fraction of sp³-hybridized carbons (Fsp3) is 0.476. The minimum Gasteiger partial charge on any atom is -0.341 e. The van der Waals surface area contributed by atoms with Crippen LogP contribution in [0.2, 0.25) is 0 Å². The Hall–Kier alpha value is -2.63. The Bertz CT molecular complexity index is 888. The van der Waals surface area contributed by atoms with Gasteiger partial charge in [-0.2, -0.15) is 5.10 Å². The van der Waals surface area contributed by atoms with Gasteiger partial charge in [-0.25, -0.2) is 4.68 Å². The molecule has 0 saturated carbocycles. The molecule has 0 radical (unpaired) electrons. The predicted octanol–water partition coefficient (Wildman–Crippen LogP) is 2.57. The van der Waals surface area contributed by atoms with Gasteiger partial charge in [0.2, 0.25) is 5.91 Å². The molecule has 0 unspecified atom stereocenters. The summed E-state index contributed by atoms with van der Waals surface area (Å²) < 4.78 is 1.87. The van der Waals surface area contributed by atoms with Crippen LogP contribution in [0, 0.1) is 19.8 Å². The van der Waals surface area contributed by atoms with Gasteiger partial charge in [-0.3, -0.25) is 9.59 Å². The summed E-state index contributed by atoms with van der Waals surface area (Å²) in [5.74, 6) is 0.530. The summed E-state index contributed by atoms with van der Waals surface area (Å²) in [6.45, 7) is 7.74. The van der Waals surface area contributed by atoms with E-state index >= 15 is 0 Å². The Morgan fingerprint density at radius 2 is 1.89 bits per heavy atom. The fourth-order valence-corrected chi connectivity index (χ4v) is 4.41. The molecule has 4 heterocycles. The van der Waals surface area contributed by atoms with E-state index in [0.717, 1.165) is 43.0 Å². The molecule has 6 heteroatoms. The lowest BCUT2D eigenvalue weighted by atomic mass is 9.94. The molecule has 6 nitrogen and oxygen atoms in total. The van der Waals surface area contributed by atoms with Crippen LogP contribution in [0.4, 0.5) is 0 Å². The first-order valence-corrected chi connectivity index (χ1v) is 9.62. The molecule has 142 valence electrons. The minimum absolute atomic E-state index is 0.0542. The van der Waals surface area contributed by atoms with Crippen molar-refractivity contribution in [2.24, 2.45) is 5.92 Å². The minimum atomic E-state index is 0.0542. The van der Waals surface area contributed by atoms with Crippen molar-refractivity contribution in [1.82, 2.24) is 19.6 Å². The summed E-state index contributed by atoms with van der Waals surface area (Å²) in [6.07, 6.45) is 2.06. The number of benzene rings is 1. The zero-order chi connectivity index (χ0) is 19.1. The van der Waals surface area contributed by atoms with Gasteiger partial charge < -0.3 is 9.80 Å². The number of fused-ring (bicyclic) bond motifs is 4. The van der Waals surface area contributed by atoms with Crippen LogP contribution in [0.5, 0.6) is 0 Å². The smallest absolute Gasteiger partial charge is 0.254 e. The number of aryl methyl sites for hydroxylation is 2. The molecule has 3 aliphatic heterocycles. The van der Waals surface area contributed by atoms with Gasteiger partial charge in [-0.05, 0) is 56.9 Å². The highest BCUT2D eigenvalue weighted by atomic mass is 16.2. The van der Waals surface area contributed by atoms with Crippen LogP contribution < -0.4 is 0 Å². The van der Waals surface area contributed by atoms with Crippen molar-refractivity contribution in [2.45, 2.75) is 39.7 Å². The lowest BCUT2D eigenvalue weighted by Crippen LogP contribution is -2.47. The molecular formula is C21H26N4O2. The Balaban J connectivity index is 1.61. The highest BCUT2D eigenvalue weighted by molar-refractivity contribution is 5.95. The van der Waals surface area contributed by atoms with E-state index in [-0.39, 0.29) is 17.9 Å².